The van der Waals surface area contributed by atoms with Crippen LogP contribution in [0.25, 0.3) is 27.6 Å². The summed E-state index contributed by atoms with van der Waals surface area (Å²) < 4.78 is 2.06. The Bertz CT molecular complexity index is 979. The molecule has 0 radical (unpaired) electrons. The lowest BCUT2D eigenvalue weighted by atomic mass is 10.1. The van der Waals surface area contributed by atoms with Crippen molar-refractivity contribution in [2.45, 2.75) is 6.42 Å². The van der Waals surface area contributed by atoms with Crippen LogP contribution in [0.5, 0.6) is 0 Å². The van der Waals surface area contributed by atoms with Gasteiger partial charge in [0.1, 0.15) is 5.69 Å². The molecule has 0 fully saturated rings. The quantitative estimate of drug-likeness (QED) is 0.521. The number of nitrogens with one attached hydrogen (secondary N) is 1. The Kier molecular flexibility index (Phi) is 4.41. The van der Waals surface area contributed by atoms with Gasteiger partial charge in [0.2, 0.25) is 5.95 Å². The second kappa shape index (κ2) is 7.00. The summed E-state index contributed by atoms with van der Waals surface area (Å²) in [5, 5.41) is 14.1. The summed E-state index contributed by atoms with van der Waals surface area (Å²) in [4.78, 5) is 14.6. The van der Waals surface area contributed by atoms with Gasteiger partial charge in [0.15, 0.2) is 4.96 Å². The molecule has 1 aromatic carbocycles. The van der Waals surface area contributed by atoms with E-state index in [0.29, 0.717) is 18.9 Å². The van der Waals surface area contributed by atoms with Gasteiger partial charge >= 0.3 is 0 Å². The van der Waals surface area contributed by atoms with Crippen LogP contribution in [0.1, 0.15) is 6.42 Å². The van der Waals surface area contributed by atoms with Crippen molar-refractivity contribution in [2.24, 2.45) is 0 Å². The summed E-state index contributed by atoms with van der Waals surface area (Å²) in [6, 6.07) is 12.0. The summed E-state index contributed by atoms with van der Waals surface area (Å²) in [6.07, 6.45) is 4.41. The largest absolute Gasteiger partial charge is 0.396 e. The third kappa shape index (κ3) is 3.11. The van der Waals surface area contributed by atoms with Crippen molar-refractivity contribution in [3.8, 4) is 22.6 Å². The van der Waals surface area contributed by atoms with E-state index >= 15 is 0 Å². The molecule has 0 amide bonds. The van der Waals surface area contributed by atoms with Crippen LogP contribution in [-0.2, 0) is 0 Å². The summed E-state index contributed by atoms with van der Waals surface area (Å²) >= 11 is 1.60. The molecule has 126 valence electrons. The number of fused-ring (bicyclic) bond motifs is 1. The van der Waals surface area contributed by atoms with Crippen molar-refractivity contribution in [3.05, 3.63) is 54.2 Å². The average Bonchev–Trinajstić information content (AvgIpc) is 3.24. The smallest absolute Gasteiger partial charge is 0.223 e. The first-order valence-corrected chi connectivity index (χ1v) is 8.94. The Morgan fingerprint density at radius 1 is 1.12 bits per heavy atom. The number of imidazole rings is 1. The van der Waals surface area contributed by atoms with Crippen molar-refractivity contribution in [2.75, 3.05) is 18.5 Å². The molecule has 25 heavy (non-hydrogen) atoms. The fourth-order valence-electron chi connectivity index (χ4n) is 2.68. The molecule has 6 nitrogen and oxygen atoms in total. The second-order valence-electron chi connectivity index (χ2n) is 5.50. The second-order valence-corrected chi connectivity index (χ2v) is 6.37. The molecule has 7 heteroatoms. The van der Waals surface area contributed by atoms with Gasteiger partial charge in [-0.2, -0.15) is 0 Å². The summed E-state index contributed by atoms with van der Waals surface area (Å²) in [5.74, 6) is 0.551. The van der Waals surface area contributed by atoms with E-state index in [9.17, 15) is 0 Å². The average molecular weight is 351 g/mol. The van der Waals surface area contributed by atoms with Crippen molar-refractivity contribution in [3.63, 3.8) is 0 Å². The number of thiazole rings is 1. The van der Waals surface area contributed by atoms with Crippen LogP contribution >= 0.6 is 11.3 Å². The van der Waals surface area contributed by atoms with Gasteiger partial charge in [-0.3, -0.25) is 4.40 Å². The lowest BCUT2D eigenvalue weighted by Gasteiger charge is -2.07. The highest BCUT2D eigenvalue weighted by Crippen LogP contribution is 2.33. The minimum Gasteiger partial charge on any atom is -0.396 e. The van der Waals surface area contributed by atoms with Crippen molar-refractivity contribution in [1.29, 1.82) is 0 Å². The van der Waals surface area contributed by atoms with E-state index in [4.69, 9.17) is 10.1 Å². The molecule has 0 aliphatic rings. The monoisotopic (exact) mass is 351 g/mol. The summed E-state index contributed by atoms with van der Waals surface area (Å²) in [5.41, 5.74) is 3.73. The van der Waals surface area contributed by atoms with E-state index < -0.39 is 0 Å². The van der Waals surface area contributed by atoms with Gasteiger partial charge in [-0.25, -0.2) is 15.0 Å². The normalized spacial score (nSPS) is 11.1. The zero-order valence-corrected chi connectivity index (χ0v) is 14.3. The summed E-state index contributed by atoms with van der Waals surface area (Å²) in [7, 11) is 0. The first-order valence-electron chi connectivity index (χ1n) is 8.06. The van der Waals surface area contributed by atoms with Gasteiger partial charge in [-0.15, -0.1) is 11.3 Å². The lowest BCUT2D eigenvalue weighted by Crippen LogP contribution is -2.07. The molecular formula is C18H17N5OS. The molecule has 0 aliphatic heterocycles. The van der Waals surface area contributed by atoms with Crippen molar-refractivity contribution >= 4 is 22.2 Å². The van der Waals surface area contributed by atoms with Crippen LogP contribution in [0.3, 0.4) is 0 Å². The van der Waals surface area contributed by atoms with Gasteiger partial charge in [0, 0.05) is 36.5 Å². The molecule has 3 aromatic heterocycles. The molecule has 0 aliphatic carbocycles. The standard InChI is InChI=1S/C18H17N5OS/c24-11-4-8-19-17-20-9-7-14(21-17)16-15(13-5-2-1-3-6-13)22-18-23(16)10-12-25-18/h1-3,5-7,9-10,12,24H,4,8,11H2,(H,19,20,21). The molecule has 0 bridgehead atoms. The van der Waals surface area contributed by atoms with Crippen LogP contribution in [0.4, 0.5) is 5.95 Å². The number of aliphatic hydroxyl groups excluding tert-OH is 1. The zero-order chi connectivity index (χ0) is 17.1. The fourth-order valence-corrected chi connectivity index (χ4v) is 3.40. The van der Waals surface area contributed by atoms with Crippen LogP contribution in [-0.4, -0.2) is 37.6 Å². The van der Waals surface area contributed by atoms with Crippen molar-refractivity contribution < 1.29 is 5.11 Å². The SMILES string of the molecule is OCCCNc1nccc(-c2c(-c3ccccc3)nc3sccn23)n1. The number of anilines is 1. The number of rotatable bonds is 6. The van der Waals surface area contributed by atoms with Crippen LogP contribution in [0.2, 0.25) is 0 Å². The minimum absolute atomic E-state index is 0.142. The van der Waals surface area contributed by atoms with E-state index in [2.05, 4.69) is 31.8 Å². The maximum atomic E-state index is 8.91. The Labute approximate surface area is 148 Å². The van der Waals surface area contributed by atoms with E-state index in [1.54, 1.807) is 17.5 Å². The molecule has 3 heterocycles. The maximum absolute atomic E-state index is 8.91. The van der Waals surface area contributed by atoms with E-state index in [0.717, 1.165) is 27.6 Å². The molecule has 4 aromatic rings. The lowest BCUT2D eigenvalue weighted by molar-refractivity contribution is 0.292. The van der Waals surface area contributed by atoms with Crippen LogP contribution < -0.4 is 5.32 Å². The number of aromatic nitrogens is 4. The minimum atomic E-state index is 0.142. The number of aliphatic hydroxyl groups is 1. The Hall–Kier alpha value is -2.77. The highest BCUT2D eigenvalue weighted by Gasteiger charge is 2.18. The highest BCUT2D eigenvalue weighted by molar-refractivity contribution is 7.15. The molecule has 4 rings (SSSR count). The first-order chi connectivity index (χ1) is 12.4. The van der Waals surface area contributed by atoms with Gasteiger partial charge in [-0.05, 0) is 12.5 Å². The van der Waals surface area contributed by atoms with Gasteiger partial charge < -0.3 is 10.4 Å². The third-order valence-corrected chi connectivity index (χ3v) is 4.58. The van der Waals surface area contributed by atoms with Crippen LogP contribution in [0.15, 0.2) is 54.2 Å². The molecule has 0 saturated heterocycles. The predicted octanol–water partition coefficient (Wildman–Crippen LogP) is 3.31. The topological polar surface area (TPSA) is 75.3 Å². The molecule has 0 spiro atoms. The number of benzene rings is 1. The number of hydrogen-bond acceptors (Lipinski definition) is 6. The van der Waals surface area contributed by atoms with E-state index in [1.807, 2.05) is 35.8 Å². The van der Waals surface area contributed by atoms with E-state index in [1.165, 1.54) is 0 Å². The first kappa shape index (κ1) is 15.7. The molecule has 0 atom stereocenters. The third-order valence-electron chi connectivity index (χ3n) is 3.83. The predicted molar refractivity (Wildman–Crippen MR) is 99.7 cm³/mol. The van der Waals surface area contributed by atoms with Gasteiger partial charge in [0.05, 0.1) is 11.4 Å². The van der Waals surface area contributed by atoms with E-state index in [-0.39, 0.29) is 6.61 Å². The van der Waals surface area contributed by atoms with Crippen LogP contribution in [0, 0.1) is 0 Å². The maximum Gasteiger partial charge on any atom is 0.223 e. The van der Waals surface area contributed by atoms with Gasteiger partial charge in [-0.1, -0.05) is 30.3 Å². The van der Waals surface area contributed by atoms with Crippen molar-refractivity contribution in [1.82, 2.24) is 19.4 Å². The Morgan fingerprint density at radius 2 is 2.00 bits per heavy atom. The molecule has 0 saturated carbocycles. The molecule has 0 unspecified atom stereocenters. The zero-order valence-electron chi connectivity index (χ0n) is 13.5. The molecular weight excluding hydrogens is 334 g/mol. The fraction of sp³-hybridized carbons (Fsp3) is 0.167. The highest BCUT2D eigenvalue weighted by atomic mass is 32.1. The molecule has 2 N–H and O–H groups in total. The Balaban J connectivity index is 1.80. The summed E-state index contributed by atoms with van der Waals surface area (Å²) in [6.45, 7) is 0.773. The Morgan fingerprint density at radius 3 is 2.84 bits per heavy atom. The van der Waals surface area contributed by atoms with Gasteiger partial charge in [0.25, 0.3) is 0 Å². The number of hydrogen-bond donors (Lipinski definition) is 2. The number of nitrogens with zero attached hydrogens (tertiary/aromatic N) is 4.